The molecule has 3 heteroatoms. The summed E-state index contributed by atoms with van der Waals surface area (Å²) in [6.07, 6.45) is 4.34. The fraction of sp³-hybridized carbons (Fsp3) is 1.00. The first-order valence-electron chi connectivity index (χ1n) is 5.31. The third kappa shape index (κ3) is 3.25. The molecule has 1 saturated carbocycles. The second-order valence-corrected chi connectivity index (χ2v) is 3.87. The molecule has 0 spiro atoms. The summed E-state index contributed by atoms with van der Waals surface area (Å²) in [7, 11) is 0. The van der Waals surface area contributed by atoms with E-state index in [1.807, 2.05) is 6.92 Å². The van der Waals surface area contributed by atoms with Gasteiger partial charge in [-0.3, -0.25) is 4.90 Å². The van der Waals surface area contributed by atoms with Crippen LogP contribution in [0.2, 0.25) is 0 Å². The fourth-order valence-corrected chi connectivity index (χ4v) is 1.70. The van der Waals surface area contributed by atoms with Crippen molar-refractivity contribution in [3.63, 3.8) is 0 Å². The summed E-state index contributed by atoms with van der Waals surface area (Å²) >= 11 is 0. The highest BCUT2D eigenvalue weighted by Crippen LogP contribution is 2.24. The Hall–Kier alpha value is -0.120. The summed E-state index contributed by atoms with van der Waals surface area (Å²) in [4.78, 5) is 2.22. The first-order chi connectivity index (χ1) is 6.27. The number of hydrogen-bond donors (Lipinski definition) is 2. The minimum atomic E-state index is -0.229. The lowest BCUT2D eigenvalue weighted by Gasteiger charge is -2.38. The molecule has 0 aliphatic heterocycles. The van der Waals surface area contributed by atoms with Gasteiger partial charge >= 0.3 is 0 Å². The summed E-state index contributed by atoms with van der Waals surface area (Å²) in [5, 5.41) is 18.4. The zero-order valence-corrected chi connectivity index (χ0v) is 8.45. The van der Waals surface area contributed by atoms with E-state index in [4.69, 9.17) is 5.11 Å². The molecule has 1 atom stereocenters. The highest BCUT2D eigenvalue weighted by molar-refractivity contribution is 4.81. The third-order valence-electron chi connectivity index (χ3n) is 2.89. The van der Waals surface area contributed by atoms with E-state index >= 15 is 0 Å². The second-order valence-electron chi connectivity index (χ2n) is 3.87. The van der Waals surface area contributed by atoms with Crippen molar-refractivity contribution in [1.29, 1.82) is 0 Å². The SMILES string of the molecule is CCC(O)CN(CCO)C1CCC1. The molecule has 0 aromatic carbocycles. The molecular formula is C10H21NO2. The van der Waals surface area contributed by atoms with Gasteiger partial charge in [0, 0.05) is 19.1 Å². The zero-order chi connectivity index (χ0) is 9.68. The highest BCUT2D eigenvalue weighted by atomic mass is 16.3. The van der Waals surface area contributed by atoms with E-state index in [9.17, 15) is 5.11 Å². The van der Waals surface area contributed by atoms with E-state index in [-0.39, 0.29) is 12.7 Å². The van der Waals surface area contributed by atoms with Gasteiger partial charge in [-0.25, -0.2) is 0 Å². The van der Waals surface area contributed by atoms with Crippen LogP contribution in [-0.2, 0) is 0 Å². The van der Waals surface area contributed by atoms with Gasteiger partial charge in [0.25, 0.3) is 0 Å². The van der Waals surface area contributed by atoms with Gasteiger partial charge in [0.2, 0.25) is 0 Å². The average molecular weight is 187 g/mol. The van der Waals surface area contributed by atoms with Gasteiger partial charge in [0.05, 0.1) is 12.7 Å². The standard InChI is InChI=1S/C10H21NO2/c1-2-10(13)8-11(6-7-12)9-4-3-5-9/h9-10,12-13H,2-8H2,1H3. The molecule has 13 heavy (non-hydrogen) atoms. The molecule has 1 aliphatic carbocycles. The largest absolute Gasteiger partial charge is 0.395 e. The van der Waals surface area contributed by atoms with Crippen molar-refractivity contribution in [2.45, 2.75) is 44.8 Å². The van der Waals surface area contributed by atoms with E-state index in [2.05, 4.69) is 4.90 Å². The Morgan fingerprint density at radius 2 is 2.15 bits per heavy atom. The Kier molecular flexibility index (Phi) is 4.70. The maximum absolute atomic E-state index is 9.50. The molecule has 1 aliphatic rings. The first-order valence-corrected chi connectivity index (χ1v) is 5.31. The molecule has 2 N–H and O–H groups in total. The minimum Gasteiger partial charge on any atom is -0.395 e. The smallest absolute Gasteiger partial charge is 0.0664 e. The maximum Gasteiger partial charge on any atom is 0.0664 e. The predicted octanol–water partition coefficient (Wildman–Crippen LogP) is 0.604. The summed E-state index contributed by atoms with van der Waals surface area (Å²) in [6, 6.07) is 0.619. The number of aliphatic hydroxyl groups excluding tert-OH is 2. The van der Waals surface area contributed by atoms with Gasteiger partial charge in [-0.15, -0.1) is 0 Å². The molecule has 0 amide bonds. The number of hydrogen-bond acceptors (Lipinski definition) is 3. The van der Waals surface area contributed by atoms with Crippen LogP contribution < -0.4 is 0 Å². The fourth-order valence-electron chi connectivity index (χ4n) is 1.70. The van der Waals surface area contributed by atoms with Crippen LogP contribution in [0.3, 0.4) is 0 Å². The Balaban J connectivity index is 2.28. The van der Waals surface area contributed by atoms with Gasteiger partial charge in [-0.2, -0.15) is 0 Å². The lowest BCUT2D eigenvalue weighted by atomic mass is 9.91. The Bertz CT molecular complexity index is 137. The zero-order valence-electron chi connectivity index (χ0n) is 8.45. The van der Waals surface area contributed by atoms with Gasteiger partial charge in [0.15, 0.2) is 0 Å². The predicted molar refractivity (Wildman–Crippen MR) is 52.6 cm³/mol. The van der Waals surface area contributed by atoms with Crippen LogP contribution in [0.25, 0.3) is 0 Å². The molecule has 0 aromatic rings. The second kappa shape index (κ2) is 5.58. The Morgan fingerprint density at radius 1 is 1.46 bits per heavy atom. The van der Waals surface area contributed by atoms with Gasteiger partial charge < -0.3 is 10.2 Å². The molecule has 0 bridgehead atoms. The first kappa shape index (κ1) is 11.0. The summed E-state index contributed by atoms with van der Waals surface area (Å²) < 4.78 is 0. The summed E-state index contributed by atoms with van der Waals surface area (Å²) in [6.45, 7) is 3.62. The van der Waals surface area contributed by atoms with Gasteiger partial charge in [0.1, 0.15) is 0 Å². The van der Waals surface area contributed by atoms with Gasteiger partial charge in [-0.1, -0.05) is 13.3 Å². The van der Waals surface area contributed by atoms with Crippen molar-refractivity contribution in [2.75, 3.05) is 19.7 Å². The van der Waals surface area contributed by atoms with E-state index in [1.165, 1.54) is 19.3 Å². The monoisotopic (exact) mass is 187 g/mol. The molecule has 0 radical (unpaired) electrons. The normalized spacial score (nSPS) is 20.3. The Morgan fingerprint density at radius 3 is 2.54 bits per heavy atom. The molecule has 1 fully saturated rings. The Labute approximate surface area is 80.4 Å². The maximum atomic E-state index is 9.50. The van der Waals surface area contributed by atoms with Crippen molar-refractivity contribution >= 4 is 0 Å². The van der Waals surface area contributed by atoms with E-state index in [0.29, 0.717) is 12.6 Å². The van der Waals surface area contributed by atoms with E-state index in [0.717, 1.165) is 13.0 Å². The molecule has 0 heterocycles. The molecule has 0 saturated heterocycles. The molecule has 0 aromatic heterocycles. The van der Waals surface area contributed by atoms with E-state index < -0.39 is 0 Å². The molecular weight excluding hydrogens is 166 g/mol. The lowest BCUT2D eigenvalue weighted by molar-refractivity contribution is 0.0451. The van der Waals surface area contributed by atoms with Gasteiger partial charge in [-0.05, 0) is 19.3 Å². The minimum absolute atomic E-state index is 0.201. The molecule has 3 nitrogen and oxygen atoms in total. The third-order valence-corrected chi connectivity index (χ3v) is 2.89. The van der Waals surface area contributed by atoms with Crippen LogP contribution in [0.5, 0.6) is 0 Å². The highest BCUT2D eigenvalue weighted by Gasteiger charge is 2.25. The topological polar surface area (TPSA) is 43.7 Å². The quantitative estimate of drug-likeness (QED) is 0.640. The van der Waals surface area contributed by atoms with Crippen molar-refractivity contribution in [2.24, 2.45) is 0 Å². The molecule has 1 unspecified atom stereocenters. The number of nitrogens with zero attached hydrogens (tertiary/aromatic N) is 1. The lowest BCUT2D eigenvalue weighted by Crippen LogP contribution is -2.45. The summed E-state index contributed by atoms with van der Waals surface area (Å²) in [5.41, 5.74) is 0. The van der Waals surface area contributed by atoms with Crippen LogP contribution in [0, 0.1) is 0 Å². The van der Waals surface area contributed by atoms with Crippen LogP contribution in [0.1, 0.15) is 32.6 Å². The number of rotatable bonds is 6. The average Bonchev–Trinajstić information content (AvgIpc) is 2.01. The van der Waals surface area contributed by atoms with Crippen molar-refractivity contribution in [3.8, 4) is 0 Å². The molecule has 78 valence electrons. The van der Waals surface area contributed by atoms with Crippen molar-refractivity contribution in [3.05, 3.63) is 0 Å². The van der Waals surface area contributed by atoms with Crippen LogP contribution in [0.4, 0.5) is 0 Å². The number of aliphatic hydroxyl groups is 2. The van der Waals surface area contributed by atoms with Crippen molar-refractivity contribution in [1.82, 2.24) is 4.90 Å². The van der Waals surface area contributed by atoms with E-state index in [1.54, 1.807) is 0 Å². The van der Waals surface area contributed by atoms with Crippen LogP contribution in [-0.4, -0.2) is 47.0 Å². The summed E-state index contributed by atoms with van der Waals surface area (Å²) in [5.74, 6) is 0. The van der Waals surface area contributed by atoms with Crippen LogP contribution in [0.15, 0.2) is 0 Å². The van der Waals surface area contributed by atoms with Crippen LogP contribution >= 0.6 is 0 Å². The van der Waals surface area contributed by atoms with Crippen molar-refractivity contribution < 1.29 is 10.2 Å². The molecule has 1 rings (SSSR count).